The van der Waals surface area contributed by atoms with E-state index in [9.17, 15) is 9.59 Å². The van der Waals surface area contributed by atoms with Gasteiger partial charge in [-0.15, -0.1) is 21.5 Å². The number of amides is 2. The third-order valence-corrected chi connectivity index (χ3v) is 6.26. The van der Waals surface area contributed by atoms with Crippen molar-refractivity contribution in [3.05, 3.63) is 35.2 Å². The Bertz CT molecular complexity index is 934. The summed E-state index contributed by atoms with van der Waals surface area (Å²) >= 11 is 2.76. The first-order chi connectivity index (χ1) is 13.2. The van der Waals surface area contributed by atoms with E-state index in [2.05, 4.69) is 20.8 Å². The number of thiophene rings is 1. The number of carbonyl (C=O) groups excluding carboxylic acids is 2. The van der Waals surface area contributed by atoms with Crippen molar-refractivity contribution in [3.8, 4) is 0 Å². The molecule has 2 amide bonds. The summed E-state index contributed by atoms with van der Waals surface area (Å²) in [7, 11) is 0. The summed E-state index contributed by atoms with van der Waals surface area (Å²) in [5, 5.41) is 16.3. The monoisotopic (exact) mass is 401 g/mol. The van der Waals surface area contributed by atoms with Crippen LogP contribution in [0.1, 0.15) is 28.9 Å². The average Bonchev–Trinajstić information content (AvgIpc) is 3.38. The van der Waals surface area contributed by atoms with Gasteiger partial charge in [0.1, 0.15) is 0 Å². The molecule has 3 heterocycles. The molecule has 0 saturated carbocycles. The summed E-state index contributed by atoms with van der Waals surface area (Å²) in [6, 6.07) is 9.79. The minimum atomic E-state index is -0.175. The van der Waals surface area contributed by atoms with Crippen molar-refractivity contribution in [3.63, 3.8) is 0 Å². The van der Waals surface area contributed by atoms with Gasteiger partial charge in [-0.25, -0.2) is 0 Å². The smallest absolute Gasteiger partial charge is 0.267 e. The molecule has 7 nitrogen and oxygen atoms in total. The Morgan fingerprint density at radius 3 is 2.85 bits per heavy atom. The molecule has 1 aliphatic rings. The molecule has 9 heteroatoms. The molecule has 0 spiro atoms. The molecule has 0 atom stereocenters. The first kappa shape index (κ1) is 17.9. The van der Waals surface area contributed by atoms with Crippen LogP contribution in [0.3, 0.4) is 0 Å². The van der Waals surface area contributed by atoms with E-state index in [-0.39, 0.29) is 11.8 Å². The van der Waals surface area contributed by atoms with Crippen molar-refractivity contribution in [2.45, 2.75) is 19.3 Å². The number of fused-ring (bicyclic) bond motifs is 1. The van der Waals surface area contributed by atoms with Crippen LogP contribution in [-0.4, -0.2) is 46.5 Å². The average molecular weight is 402 g/mol. The lowest BCUT2D eigenvalue weighted by molar-refractivity contribution is -0.127. The van der Waals surface area contributed by atoms with Gasteiger partial charge in [-0.2, -0.15) is 0 Å². The van der Waals surface area contributed by atoms with Crippen molar-refractivity contribution < 1.29 is 9.59 Å². The fourth-order valence-electron chi connectivity index (χ4n) is 3.00. The topological polar surface area (TPSA) is 87.2 Å². The molecule has 2 aromatic heterocycles. The van der Waals surface area contributed by atoms with E-state index in [0.717, 1.165) is 36.0 Å². The van der Waals surface area contributed by atoms with Crippen LogP contribution in [0.2, 0.25) is 0 Å². The maximum absolute atomic E-state index is 12.4. The second kappa shape index (κ2) is 8.01. The van der Waals surface area contributed by atoms with Gasteiger partial charge in [-0.05, 0) is 30.4 Å². The Morgan fingerprint density at radius 2 is 2.04 bits per heavy atom. The fraction of sp³-hybridized carbons (Fsp3) is 0.333. The van der Waals surface area contributed by atoms with E-state index in [4.69, 9.17) is 0 Å². The van der Waals surface area contributed by atoms with Gasteiger partial charge in [-0.3, -0.25) is 14.9 Å². The van der Waals surface area contributed by atoms with Crippen molar-refractivity contribution in [2.24, 2.45) is 0 Å². The van der Waals surface area contributed by atoms with Crippen molar-refractivity contribution in [1.29, 1.82) is 0 Å². The van der Waals surface area contributed by atoms with E-state index in [1.165, 1.54) is 22.7 Å². The van der Waals surface area contributed by atoms with Gasteiger partial charge in [0, 0.05) is 30.8 Å². The van der Waals surface area contributed by atoms with Gasteiger partial charge in [0.15, 0.2) is 0 Å². The Hall–Kier alpha value is -2.52. The Morgan fingerprint density at radius 1 is 1.19 bits per heavy atom. The first-order valence-corrected chi connectivity index (χ1v) is 10.5. The second-order valence-corrected chi connectivity index (χ2v) is 8.34. The Kier molecular flexibility index (Phi) is 5.30. The minimum absolute atomic E-state index is 0.175. The van der Waals surface area contributed by atoms with Gasteiger partial charge in [-0.1, -0.05) is 29.5 Å². The molecule has 140 valence electrons. The lowest BCUT2D eigenvalue weighted by Gasteiger charge is -2.14. The third kappa shape index (κ3) is 4.25. The van der Waals surface area contributed by atoms with Gasteiger partial charge in [0.05, 0.1) is 4.88 Å². The van der Waals surface area contributed by atoms with Crippen LogP contribution in [0.5, 0.6) is 0 Å². The maximum Gasteiger partial charge on any atom is 0.267 e. The number of benzene rings is 1. The van der Waals surface area contributed by atoms with E-state index < -0.39 is 0 Å². The van der Waals surface area contributed by atoms with Gasteiger partial charge in [0.25, 0.3) is 5.91 Å². The first-order valence-electron chi connectivity index (χ1n) is 8.84. The molecule has 0 unspecified atom stereocenters. The normalized spacial score (nSPS) is 14.1. The molecule has 1 saturated heterocycles. The molecule has 1 fully saturated rings. The molecule has 4 rings (SSSR count). The highest BCUT2D eigenvalue weighted by molar-refractivity contribution is 7.21. The molecule has 0 radical (unpaired) electrons. The highest BCUT2D eigenvalue weighted by Crippen LogP contribution is 2.27. The minimum Gasteiger partial charge on any atom is -0.360 e. The molecule has 1 aliphatic heterocycles. The number of likely N-dealkylation sites (tertiary alicyclic amines) is 1. The number of hydrogen-bond donors (Lipinski definition) is 2. The molecule has 3 aromatic rings. The SMILES string of the molecule is O=C(Nc1nnc(NCCCN2CCCC2=O)s1)c1cc2ccccc2s1. The van der Waals surface area contributed by atoms with E-state index in [1.807, 2.05) is 35.2 Å². The molecule has 2 N–H and O–H groups in total. The van der Waals surface area contributed by atoms with E-state index in [1.54, 1.807) is 0 Å². The molecular formula is C18H19N5O2S2. The standard InChI is InChI=1S/C18H19N5O2S2/c24-15-7-3-9-23(15)10-4-8-19-17-21-22-18(27-17)20-16(25)14-11-12-5-1-2-6-13(12)26-14/h1-2,5-6,11H,3-4,7-10H2,(H,19,21)(H,20,22,25). The molecular weight excluding hydrogens is 382 g/mol. The van der Waals surface area contributed by atoms with E-state index in [0.29, 0.717) is 28.1 Å². The Labute approximate surface area is 164 Å². The number of rotatable bonds is 7. The highest BCUT2D eigenvalue weighted by atomic mass is 32.1. The molecule has 1 aromatic carbocycles. The fourth-order valence-corrected chi connectivity index (χ4v) is 4.63. The van der Waals surface area contributed by atoms with Gasteiger partial charge >= 0.3 is 0 Å². The van der Waals surface area contributed by atoms with Crippen LogP contribution in [0, 0.1) is 0 Å². The van der Waals surface area contributed by atoms with Crippen LogP contribution >= 0.6 is 22.7 Å². The van der Waals surface area contributed by atoms with Crippen LogP contribution in [0.25, 0.3) is 10.1 Å². The number of anilines is 2. The zero-order chi connectivity index (χ0) is 18.6. The van der Waals surface area contributed by atoms with Crippen LogP contribution in [0.15, 0.2) is 30.3 Å². The number of aromatic nitrogens is 2. The zero-order valence-corrected chi connectivity index (χ0v) is 16.2. The van der Waals surface area contributed by atoms with E-state index >= 15 is 0 Å². The predicted molar refractivity (Wildman–Crippen MR) is 109 cm³/mol. The summed E-state index contributed by atoms with van der Waals surface area (Å²) in [6.45, 7) is 2.34. The lowest BCUT2D eigenvalue weighted by atomic mass is 10.2. The zero-order valence-electron chi connectivity index (χ0n) is 14.6. The Balaban J connectivity index is 1.27. The third-order valence-electron chi connectivity index (χ3n) is 4.35. The maximum atomic E-state index is 12.4. The second-order valence-electron chi connectivity index (χ2n) is 6.28. The highest BCUT2D eigenvalue weighted by Gasteiger charge is 2.19. The molecule has 27 heavy (non-hydrogen) atoms. The number of carbonyl (C=O) groups is 2. The van der Waals surface area contributed by atoms with Crippen LogP contribution in [0.4, 0.5) is 10.3 Å². The lowest BCUT2D eigenvalue weighted by Crippen LogP contribution is -2.26. The summed E-state index contributed by atoms with van der Waals surface area (Å²) < 4.78 is 1.08. The summed E-state index contributed by atoms with van der Waals surface area (Å²) in [4.78, 5) is 26.5. The number of nitrogens with zero attached hydrogens (tertiary/aromatic N) is 3. The summed E-state index contributed by atoms with van der Waals surface area (Å²) in [5.41, 5.74) is 0. The summed E-state index contributed by atoms with van der Waals surface area (Å²) in [5.74, 6) is 0.0728. The predicted octanol–water partition coefficient (Wildman–Crippen LogP) is 3.43. The molecule has 0 aliphatic carbocycles. The van der Waals surface area contributed by atoms with Crippen molar-refractivity contribution in [2.75, 3.05) is 30.3 Å². The number of hydrogen-bond acceptors (Lipinski definition) is 7. The summed E-state index contributed by atoms with van der Waals surface area (Å²) in [6.07, 6.45) is 2.49. The van der Waals surface area contributed by atoms with Gasteiger partial charge in [0.2, 0.25) is 16.2 Å². The molecule has 0 bridgehead atoms. The largest absolute Gasteiger partial charge is 0.360 e. The van der Waals surface area contributed by atoms with Crippen molar-refractivity contribution in [1.82, 2.24) is 15.1 Å². The van der Waals surface area contributed by atoms with Gasteiger partial charge < -0.3 is 10.2 Å². The number of nitrogens with one attached hydrogen (secondary N) is 2. The van der Waals surface area contributed by atoms with Crippen LogP contribution in [-0.2, 0) is 4.79 Å². The van der Waals surface area contributed by atoms with Crippen molar-refractivity contribution >= 4 is 54.8 Å². The quantitative estimate of drug-likeness (QED) is 0.592. The van der Waals surface area contributed by atoms with Crippen LogP contribution < -0.4 is 10.6 Å².